The van der Waals surface area contributed by atoms with Crippen molar-refractivity contribution in [2.24, 2.45) is 0 Å². The molecule has 2 aromatic rings. The van der Waals surface area contributed by atoms with Gasteiger partial charge in [-0.1, -0.05) is 0 Å². The predicted molar refractivity (Wildman–Crippen MR) is 87.8 cm³/mol. The van der Waals surface area contributed by atoms with Crippen LogP contribution in [0.2, 0.25) is 0 Å². The molecule has 0 aliphatic carbocycles. The van der Waals surface area contributed by atoms with E-state index < -0.39 is 0 Å². The number of amides is 1. The van der Waals surface area contributed by atoms with Crippen LogP contribution in [-0.4, -0.2) is 65.3 Å². The molecule has 8 heteroatoms. The number of nitrogens with zero attached hydrogens (tertiary/aromatic N) is 3. The maximum absolute atomic E-state index is 12.3. The summed E-state index contributed by atoms with van der Waals surface area (Å²) in [6, 6.07) is 1.73. The van der Waals surface area contributed by atoms with Gasteiger partial charge in [-0.3, -0.25) is 9.89 Å². The highest BCUT2D eigenvalue weighted by Gasteiger charge is 2.14. The molecule has 0 bridgehead atoms. The van der Waals surface area contributed by atoms with Gasteiger partial charge in [0, 0.05) is 32.7 Å². The normalized spacial score (nSPS) is 16.0. The zero-order valence-corrected chi connectivity index (χ0v) is 13.8. The number of carbonyl (C=O) groups excluding carboxylic acids is 1. The Morgan fingerprint density at radius 2 is 2.23 bits per heavy atom. The van der Waals surface area contributed by atoms with Crippen molar-refractivity contribution in [3.05, 3.63) is 22.4 Å². The fraction of sp³-hybridized carbons (Fsp3) is 0.500. The maximum Gasteiger partial charge on any atom is 0.252 e. The monoisotopic (exact) mass is 366 g/mol. The molecular weight excluding hydrogens is 348 g/mol. The van der Waals surface area contributed by atoms with Crippen molar-refractivity contribution < 1.29 is 4.79 Å². The number of hydrogen-bond acceptors (Lipinski definition) is 5. The first-order valence-corrected chi connectivity index (χ1v) is 8.24. The Balaban J connectivity index is 1.53. The van der Waals surface area contributed by atoms with E-state index >= 15 is 0 Å². The van der Waals surface area contributed by atoms with Gasteiger partial charge in [-0.05, 0) is 35.0 Å². The molecule has 0 aromatic carbocycles. The number of aromatic nitrogens is 3. The van der Waals surface area contributed by atoms with Gasteiger partial charge in [0.25, 0.3) is 5.91 Å². The summed E-state index contributed by atoms with van der Waals surface area (Å²) >= 11 is 3.32. The van der Waals surface area contributed by atoms with Crippen molar-refractivity contribution in [1.82, 2.24) is 30.7 Å². The van der Waals surface area contributed by atoms with E-state index in [0.717, 1.165) is 44.5 Å². The number of H-pyrrole nitrogens is 1. The number of fused-ring (bicyclic) bond motifs is 1. The number of carbonyl (C=O) groups is 1. The lowest BCUT2D eigenvalue weighted by molar-refractivity contribution is 0.0953. The van der Waals surface area contributed by atoms with Gasteiger partial charge in [0.05, 0.1) is 17.1 Å². The molecule has 22 heavy (non-hydrogen) atoms. The van der Waals surface area contributed by atoms with E-state index in [9.17, 15) is 4.79 Å². The van der Waals surface area contributed by atoms with Gasteiger partial charge in [0.2, 0.25) is 0 Å². The van der Waals surface area contributed by atoms with Crippen LogP contribution >= 0.6 is 15.9 Å². The van der Waals surface area contributed by atoms with Crippen molar-refractivity contribution in [1.29, 1.82) is 0 Å². The van der Waals surface area contributed by atoms with Crippen molar-refractivity contribution in [3.63, 3.8) is 0 Å². The smallest absolute Gasteiger partial charge is 0.252 e. The predicted octanol–water partition coefficient (Wildman–Crippen LogP) is 0.746. The summed E-state index contributed by atoms with van der Waals surface area (Å²) in [6.45, 7) is 5.96. The second-order valence-corrected chi connectivity index (χ2v) is 6.14. The highest BCUT2D eigenvalue weighted by molar-refractivity contribution is 9.10. The largest absolute Gasteiger partial charge is 0.352 e. The van der Waals surface area contributed by atoms with Gasteiger partial charge in [-0.15, -0.1) is 0 Å². The molecule has 1 fully saturated rings. The number of pyridine rings is 1. The molecule has 1 aliphatic heterocycles. The van der Waals surface area contributed by atoms with Crippen LogP contribution in [-0.2, 0) is 0 Å². The fourth-order valence-corrected chi connectivity index (χ4v) is 3.03. The summed E-state index contributed by atoms with van der Waals surface area (Å²) in [5, 5.41) is 13.8. The highest BCUT2D eigenvalue weighted by Crippen LogP contribution is 2.19. The molecule has 2 aromatic heterocycles. The lowest BCUT2D eigenvalue weighted by Gasteiger charge is -2.27. The molecule has 3 heterocycles. The van der Waals surface area contributed by atoms with Crippen LogP contribution in [0.15, 0.2) is 16.9 Å². The standard InChI is InChI=1S/C14H19BrN6O/c15-12-8-10(11-9-18-20-13(11)19-12)14(22)17-2-1-5-21-6-3-16-4-7-21/h8-9,16H,1-7H2,(H,17,22)(H,18,19,20). The van der Waals surface area contributed by atoms with E-state index in [1.54, 1.807) is 12.3 Å². The molecule has 7 nitrogen and oxygen atoms in total. The average molecular weight is 367 g/mol. The molecule has 1 aliphatic rings. The van der Waals surface area contributed by atoms with Crippen molar-refractivity contribution in [3.8, 4) is 0 Å². The van der Waals surface area contributed by atoms with Crippen molar-refractivity contribution in [2.75, 3.05) is 39.3 Å². The van der Waals surface area contributed by atoms with Gasteiger partial charge < -0.3 is 15.5 Å². The second kappa shape index (κ2) is 7.17. The minimum Gasteiger partial charge on any atom is -0.352 e. The Hall–Kier alpha value is -1.51. The fourth-order valence-electron chi connectivity index (χ4n) is 2.62. The molecule has 0 spiro atoms. The number of hydrogen-bond donors (Lipinski definition) is 3. The molecule has 118 valence electrons. The third-order valence-electron chi connectivity index (χ3n) is 3.78. The molecule has 1 saturated heterocycles. The van der Waals surface area contributed by atoms with Crippen molar-refractivity contribution >= 4 is 32.9 Å². The van der Waals surface area contributed by atoms with Crippen LogP contribution in [0.1, 0.15) is 16.8 Å². The number of piperazine rings is 1. The Bertz CT molecular complexity index is 652. The summed E-state index contributed by atoms with van der Waals surface area (Å²) in [6.07, 6.45) is 2.58. The third kappa shape index (κ3) is 3.63. The van der Waals surface area contributed by atoms with E-state index in [0.29, 0.717) is 22.4 Å². The van der Waals surface area contributed by atoms with E-state index in [1.807, 2.05) is 0 Å². The summed E-state index contributed by atoms with van der Waals surface area (Å²) in [5.74, 6) is -0.0881. The summed E-state index contributed by atoms with van der Waals surface area (Å²) in [5.41, 5.74) is 1.20. The van der Waals surface area contributed by atoms with E-state index in [1.165, 1.54) is 0 Å². The van der Waals surface area contributed by atoms with Crippen LogP contribution in [0.3, 0.4) is 0 Å². The summed E-state index contributed by atoms with van der Waals surface area (Å²) in [4.78, 5) is 19.0. The zero-order chi connectivity index (χ0) is 15.4. The number of halogens is 1. The molecule has 0 saturated carbocycles. The topological polar surface area (TPSA) is 85.9 Å². The third-order valence-corrected chi connectivity index (χ3v) is 4.19. The van der Waals surface area contributed by atoms with E-state index in [-0.39, 0.29) is 5.91 Å². The molecule has 0 radical (unpaired) electrons. The van der Waals surface area contributed by atoms with Gasteiger partial charge in [-0.2, -0.15) is 5.10 Å². The Kier molecular flexibility index (Phi) is 5.01. The number of nitrogens with one attached hydrogen (secondary N) is 3. The minimum absolute atomic E-state index is 0.0881. The van der Waals surface area contributed by atoms with E-state index in [2.05, 4.69) is 46.6 Å². The van der Waals surface area contributed by atoms with Crippen LogP contribution in [0.25, 0.3) is 11.0 Å². The van der Waals surface area contributed by atoms with Crippen LogP contribution in [0, 0.1) is 0 Å². The lowest BCUT2D eigenvalue weighted by Crippen LogP contribution is -2.44. The maximum atomic E-state index is 12.3. The average Bonchev–Trinajstić information content (AvgIpc) is 2.99. The SMILES string of the molecule is O=C(NCCCN1CCNCC1)c1cc(Br)nc2[nH]ncc12. The number of aromatic amines is 1. The van der Waals surface area contributed by atoms with Gasteiger partial charge in [0.1, 0.15) is 4.60 Å². The highest BCUT2D eigenvalue weighted by atomic mass is 79.9. The van der Waals surface area contributed by atoms with Crippen LogP contribution < -0.4 is 10.6 Å². The summed E-state index contributed by atoms with van der Waals surface area (Å²) in [7, 11) is 0. The Labute approximate surface area is 137 Å². The Morgan fingerprint density at radius 1 is 1.41 bits per heavy atom. The van der Waals surface area contributed by atoms with Crippen molar-refractivity contribution in [2.45, 2.75) is 6.42 Å². The lowest BCUT2D eigenvalue weighted by atomic mass is 10.2. The molecule has 0 unspecified atom stereocenters. The minimum atomic E-state index is -0.0881. The summed E-state index contributed by atoms with van der Waals surface area (Å²) < 4.78 is 0.621. The molecular formula is C14H19BrN6O. The van der Waals surface area contributed by atoms with Crippen LogP contribution in [0.5, 0.6) is 0 Å². The number of rotatable bonds is 5. The molecule has 0 atom stereocenters. The molecule has 1 amide bonds. The first kappa shape index (κ1) is 15.4. The molecule has 3 rings (SSSR count). The van der Waals surface area contributed by atoms with Gasteiger partial charge >= 0.3 is 0 Å². The Morgan fingerprint density at radius 3 is 3.05 bits per heavy atom. The zero-order valence-electron chi connectivity index (χ0n) is 12.2. The quantitative estimate of drug-likeness (QED) is 0.536. The van der Waals surface area contributed by atoms with Gasteiger partial charge in [-0.25, -0.2) is 4.98 Å². The first-order chi connectivity index (χ1) is 10.7. The van der Waals surface area contributed by atoms with E-state index in [4.69, 9.17) is 0 Å². The second-order valence-electron chi connectivity index (χ2n) is 5.33. The van der Waals surface area contributed by atoms with Crippen LogP contribution in [0.4, 0.5) is 0 Å². The van der Waals surface area contributed by atoms with Gasteiger partial charge in [0.15, 0.2) is 5.65 Å². The first-order valence-electron chi connectivity index (χ1n) is 7.45. The molecule has 3 N–H and O–H groups in total.